The van der Waals surface area contributed by atoms with Gasteiger partial charge in [-0.15, -0.1) is 0 Å². The Morgan fingerprint density at radius 2 is 2.11 bits per heavy atom. The second-order valence-corrected chi connectivity index (χ2v) is 5.44. The first-order valence-electron chi connectivity index (χ1n) is 7.04. The van der Waals surface area contributed by atoms with Crippen LogP contribution in [0.3, 0.4) is 0 Å². The molecular weight excluding hydrogens is 260 g/mol. The summed E-state index contributed by atoms with van der Waals surface area (Å²) in [5.74, 6) is 0. The van der Waals surface area contributed by atoms with Gasteiger partial charge in [-0.2, -0.15) is 0 Å². The molecule has 0 aromatic carbocycles. The number of nitrogens with zero attached hydrogens (tertiary/aromatic N) is 3. The molecule has 1 fully saturated rings. The Kier molecular flexibility index (Phi) is 5.43. The summed E-state index contributed by atoms with van der Waals surface area (Å²) in [5, 5.41) is 0.736. The molecular formula is C14H23ClN4. The van der Waals surface area contributed by atoms with Gasteiger partial charge in [-0.1, -0.05) is 24.9 Å². The van der Waals surface area contributed by atoms with Crippen molar-refractivity contribution in [3.05, 3.63) is 23.5 Å². The molecule has 2 N–H and O–H groups in total. The lowest BCUT2D eigenvalue weighted by Crippen LogP contribution is -2.52. The van der Waals surface area contributed by atoms with E-state index in [0.717, 1.165) is 43.4 Å². The molecule has 0 radical (unpaired) electrons. The van der Waals surface area contributed by atoms with Crippen LogP contribution in [-0.2, 0) is 0 Å². The van der Waals surface area contributed by atoms with Gasteiger partial charge < -0.3 is 10.6 Å². The van der Waals surface area contributed by atoms with Gasteiger partial charge in [-0.25, -0.2) is 0 Å². The molecule has 0 saturated carbocycles. The van der Waals surface area contributed by atoms with Crippen LogP contribution in [0.15, 0.2) is 18.5 Å². The standard InChI is InChI=1S/C14H23ClN4/c1-2-3-12(10-16)18-6-8-19(9-7-18)14-4-5-17-11-13(14)15/h4-5,11-12H,2-3,6-10,16H2,1H3. The zero-order valence-electron chi connectivity index (χ0n) is 11.6. The molecule has 1 aromatic rings. The zero-order chi connectivity index (χ0) is 13.7. The van der Waals surface area contributed by atoms with Crippen molar-refractivity contribution < 1.29 is 0 Å². The van der Waals surface area contributed by atoms with Crippen LogP contribution >= 0.6 is 11.6 Å². The maximum Gasteiger partial charge on any atom is 0.0822 e. The van der Waals surface area contributed by atoms with Gasteiger partial charge in [0.2, 0.25) is 0 Å². The van der Waals surface area contributed by atoms with Gasteiger partial charge in [0.05, 0.1) is 10.7 Å². The lowest BCUT2D eigenvalue weighted by Gasteiger charge is -2.40. The molecule has 0 spiro atoms. The van der Waals surface area contributed by atoms with Crippen LogP contribution in [0.5, 0.6) is 0 Å². The van der Waals surface area contributed by atoms with E-state index in [9.17, 15) is 0 Å². The van der Waals surface area contributed by atoms with E-state index in [1.807, 2.05) is 6.07 Å². The maximum absolute atomic E-state index is 6.20. The quantitative estimate of drug-likeness (QED) is 0.897. The summed E-state index contributed by atoms with van der Waals surface area (Å²) in [6.07, 6.45) is 5.89. The molecule has 1 saturated heterocycles. The third kappa shape index (κ3) is 3.59. The van der Waals surface area contributed by atoms with Crippen molar-refractivity contribution in [2.75, 3.05) is 37.6 Å². The summed E-state index contributed by atoms with van der Waals surface area (Å²) in [6.45, 7) is 7.09. The SMILES string of the molecule is CCCC(CN)N1CCN(c2ccncc2Cl)CC1. The molecule has 2 rings (SSSR count). The summed E-state index contributed by atoms with van der Waals surface area (Å²) >= 11 is 6.20. The van der Waals surface area contributed by atoms with Crippen LogP contribution in [0, 0.1) is 0 Å². The van der Waals surface area contributed by atoms with E-state index in [-0.39, 0.29) is 0 Å². The fourth-order valence-electron chi connectivity index (χ4n) is 2.74. The van der Waals surface area contributed by atoms with E-state index in [2.05, 4.69) is 21.7 Å². The fraction of sp³-hybridized carbons (Fsp3) is 0.643. The highest BCUT2D eigenvalue weighted by Gasteiger charge is 2.23. The summed E-state index contributed by atoms with van der Waals surface area (Å²) < 4.78 is 0. The first-order chi connectivity index (χ1) is 9.26. The van der Waals surface area contributed by atoms with Crippen molar-refractivity contribution in [2.45, 2.75) is 25.8 Å². The molecule has 0 aliphatic carbocycles. The Hall–Kier alpha value is -0.840. The van der Waals surface area contributed by atoms with E-state index in [0.29, 0.717) is 6.04 Å². The first-order valence-corrected chi connectivity index (χ1v) is 7.42. The number of anilines is 1. The molecule has 4 nitrogen and oxygen atoms in total. The summed E-state index contributed by atoms with van der Waals surface area (Å²) in [6, 6.07) is 2.52. The Labute approximate surface area is 120 Å². The Balaban J connectivity index is 1.94. The van der Waals surface area contributed by atoms with Crippen molar-refractivity contribution in [1.82, 2.24) is 9.88 Å². The number of pyridine rings is 1. The van der Waals surface area contributed by atoms with Gasteiger partial charge in [-0.05, 0) is 12.5 Å². The van der Waals surface area contributed by atoms with Crippen LogP contribution in [-0.4, -0.2) is 48.6 Å². The molecule has 2 heterocycles. The fourth-order valence-corrected chi connectivity index (χ4v) is 2.97. The zero-order valence-corrected chi connectivity index (χ0v) is 12.3. The maximum atomic E-state index is 6.20. The molecule has 19 heavy (non-hydrogen) atoms. The van der Waals surface area contributed by atoms with Gasteiger partial charge in [0.25, 0.3) is 0 Å². The number of nitrogens with two attached hydrogens (primary N) is 1. The first kappa shape index (κ1) is 14.6. The molecule has 106 valence electrons. The largest absolute Gasteiger partial charge is 0.368 e. The molecule has 1 atom stereocenters. The van der Waals surface area contributed by atoms with Crippen molar-refractivity contribution >= 4 is 17.3 Å². The van der Waals surface area contributed by atoms with E-state index in [4.69, 9.17) is 17.3 Å². The molecule has 1 unspecified atom stereocenters. The summed E-state index contributed by atoms with van der Waals surface area (Å²) in [5.41, 5.74) is 6.97. The van der Waals surface area contributed by atoms with Gasteiger partial charge >= 0.3 is 0 Å². The van der Waals surface area contributed by atoms with E-state index in [1.165, 1.54) is 12.8 Å². The third-order valence-electron chi connectivity index (χ3n) is 3.82. The minimum atomic E-state index is 0.528. The summed E-state index contributed by atoms with van der Waals surface area (Å²) in [4.78, 5) is 8.88. The number of rotatable bonds is 5. The van der Waals surface area contributed by atoms with Crippen LogP contribution in [0.4, 0.5) is 5.69 Å². The van der Waals surface area contributed by atoms with Crippen LogP contribution in [0.25, 0.3) is 0 Å². The highest BCUT2D eigenvalue weighted by molar-refractivity contribution is 6.33. The van der Waals surface area contributed by atoms with Gasteiger partial charge in [-0.3, -0.25) is 9.88 Å². The lowest BCUT2D eigenvalue weighted by atomic mass is 10.1. The highest BCUT2D eigenvalue weighted by atomic mass is 35.5. The van der Waals surface area contributed by atoms with E-state index < -0.39 is 0 Å². The van der Waals surface area contributed by atoms with Crippen molar-refractivity contribution in [3.63, 3.8) is 0 Å². The molecule has 0 bridgehead atoms. The van der Waals surface area contributed by atoms with Gasteiger partial charge in [0.15, 0.2) is 0 Å². The predicted octanol–water partition coefficient (Wildman–Crippen LogP) is 1.98. The average Bonchev–Trinajstić information content (AvgIpc) is 2.46. The van der Waals surface area contributed by atoms with Crippen molar-refractivity contribution in [1.29, 1.82) is 0 Å². The molecule has 5 heteroatoms. The second kappa shape index (κ2) is 7.08. The highest BCUT2D eigenvalue weighted by Crippen LogP contribution is 2.25. The number of piperazine rings is 1. The number of halogens is 1. The Morgan fingerprint density at radius 3 is 2.68 bits per heavy atom. The Bertz CT molecular complexity index is 391. The Morgan fingerprint density at radius 1 is 1.37 bits per heavy atom. The minimum absolute atomic E-state index is 0.528. The van der Waals surface area contributed by atoms with Crippen LogP contribution < -0.4 is 10.6 Å². The average molecular weight is 283 g/mol. The number of hydrogen-bond donors (Lipinski definition) is 1. The third-order valence-corrected chi connectivity index (χ3v) is 4.11. The predicted molar refractivity (Wildman–Crippen MR) is 80.8 cm³/mol. The van der Waals surface area contributed by atoms with Crippen LogP contribution in [0.2, 0.25) is 5.02 Å². The minimum Gasteiger partial charge on any atom is -0.368 e. The molecule has 1 aromatic heterocycles. The van der Waals surface area contributed by atoms with Crippen molar-refractivity contribution in [3.8, 4) is 0 Å². The molecule has 1 aliphatic heterocycles. The lowest BCUT2D eigenvalue weighted by molar-refractivity contribution is 0.179. The van der Waals surface area contributed by atoms with E-state index >= 15 is 0 Å². The summed E-state index contributed by atoms with van der Waals surface area (Å²) in [7, 11) is 0. The van der Waals surface area contributed by atoms with E-state index in [1.54, 1.807) is 12.4 Å². The smallest absolute Gasteiger partial charge is 0.0822 e. The number of hydrogen-bond acceptors (Lipinski definition) is 4. The van der Waals surface area contributed by atoms with Gasteiger partial charge in [0.1, 0.15) is 0 Å². The van der Waals surface area contributed by atoms with Crippen LogP contribution in [0.1, 0.15) is 19.8 Å². The molecule has 0 amide bonds. The van der Waals surface area contributed by atoms with Crippen molar-refractivity contribution in [2.24, 2.45) is 5.73 Å². The van der Waals surface area contributed by atoms with Gasteiger partial charge in [0, 0.05) is 51.2 Å². The number of aromatic nitrogens is 1. The molecule has 1 aliphatic rings. The second-order valence-electron chi connectivity index (χ2n) is 5.03. The normalized spacial score (nSPS) is 18.6. The topological polar surface area (TPSA) is 45.4 Å². The monoisotopic (exact) mass is 282 g/mol.